The van der Waals surface area contributed by atoms with Crippen LogP contribution in [0.5, 0.6) is 11.5 Å². The van der Waals surface area contributed by atoms with Crippen molar-refractivity contribution in [2.45, 2.75) is 65.6 Å². The Morgan fingerprint density at radius 3 is 2.44 bits per heavy atom. The molecule has 1 heterocycles. The summed E-state index contributed by atoms with van der Waals surface area (Å²) < 4.78 is 11.2. The number of fused-ring (bicyclic) bond motifs is 1. The van der Waals surface area contributed by atoms with Gasteiger partial charge in [0.15, 0.2) is 11.5 Å². The summed E-state index contributed by atoms with van der Waals surface area (Å²) in [4.78, 5) is 27.9. The van der Waals surface area contributed by atoms with E-state index in [0.717, 1.165) is 28.2 Å². The van der Waals surface area contributed by atoms with E-state index in [1.54, 1.807) is 11.8 Å². The molecule has 0 aliphatic carbocycles. The van der Waals surface area contributed by atoms with Crippen molar-refractivity contribution >= 4 is 11.8 Å². The Balaban J connectivity index is 1.74. The minimum Gasteiger partial charge on any atom is -0.486 e. The molecule has 1 atom stereocenters. The maximum absolute atomic E-state index is 13.3. The highest BCUT2D eigenvalue weighted by Gasteiger charge is 2.28. The van der Waals surface area contributed by atoms with Crippen LogP contribution in [0.3, 0.4) is 0 Å². The molecule has 1 N–H and O–H groups in total. The van der Waals surface area contributed by atoms with Gasteiger partial charge in [0.1, 0.15) is 19.3 Å². The maximum atomic E-state index is 13.3. The average Bonchev–Trinajstić information content (AvgIpc) is 2.75. The molecule has 32 heavy (non-hydrogen) atoms. The zero-order chi connectivity index (χ0) is 23.3. The molecule has 0 saturated heterocycles. The summed E-state index contributed by atoms with van der Waals surface area (Å²) in [6, 6.07) is 13.2. The van der Waals surface area contributed by atoms with E-state index in [9.17, 15) is 9.59 Å². The number of carbonyl (C=O) groups is 2. The second kappa shape index (κ2) is 10.1. The van der Waals surface area contributed by atoms with Crippen LogP contribution in [0.15, 0.2) is 42.5 Å². The van der Waals surface area contributed by atoms with Crippen LogP contribution < -0.4 is 14.8 Å². The van der Waals surface area contributed by atoms with Crippen LogP contribution in [0.2, 0.25) is 0 Å². The summed E-state index contributed by atoms with van der Waals surface area (Å²) in [7, 11) is 0. The summed E-state index contributed by atoms with van der Waals surface area (Å²) >= 11 is 0. The molecule has 6 nitrogen and oxygen atoms in total. The van der Waals surface area contributed by atoms with E-state index in [1.807, 2.05) is 70.2 Å². The first kappa shape index (κ1) is 23.6. The lowest BCUT2D eigenvalue weighted by atomic mass is 10.0. The third-order valence-corrected chi connectivity index (χ3v) is 5.50. The van der Waals surface area contributed by atoms with Gasteiger partial charge in [-0.25, -0.2) is 0 Å². The van der Waals surface area contributed by atoms with Crippen molar-refractivity contribution in [2.24, 2.45) is 0 Å². The average molecular weight is 439 g/mol. The normalized spacial score (nSPS) is 13.9. The lowest BCUT2D eigenvalue weighted by molar-refractivity contribution is -0.141. The molecule has 2 aromatic rings. The van der Waals surface area contributed by atoms with E-state index >= 15 is 0 Å². The third-order valence-electron chi connectivity index (χ3n) is 5.50. The van der Waals surface area contributed by atoms with Crippen molar-refractivity contribution in [3.05, 3.63) is 59.2 Å². The Labute approximate surface area is 190 Å². The second-order valence-electron chi connectivity index (χ2n) is 9.34. The van der Waals surface area contributed by atoms with Crippen molar-refractivity contribution < 1.29 is 19.1 Å². The fraction of sp³-hybridized carbons (Fsp3) is 0.462. The number of rotatable bonds is 7. The van der Waals surface area contributed by atoms with E-state index in [1.165, 1.54) is 0 Å². The number of carbonyl (C=O) groups excluding carboxylic acids is 2. The predicted molar refractivity (Wildman–Crippen MR) is 125 cm³/mol. The lowest BCUT2D eigenvalue weighted by Crippen LogP contribution is -2.52. The van der Waals surface area contributed by atoms with Gasteiger partial charge in [-0.05, 0) is 69.9 Å². The molecular formula is C26H34N2O4. The topological polar surface area (TPSA) is 67.9 Å². The highest BCUT2D eigenvalue weighted by molar-refractivity contribution is 5.87. The third kappa shape index (κ3) is 6.25. The van der Waals surface area contributed by atoms with E-state index in [-0.39, 0.29) is 17.4 Å². The standard InChI is InChI=1S/C26H34N2O4/c1-18-8-6-7-9-21(18)17-28(19(2)25(30)27-26(3,4)5)24(29)13-11-20-10-12-22-23(16-20)32-15-14-31-22/h6-10,12,16,19H,11,13-15,17H2,1-5H3,(H,27,30)/t19-/m0/s1. The Kier molecular flexibility index (Phi) is 7.44. The molecule has 0 fully saturated rings. The highest BCUT2D eigenvalue weighted by Crippen LogP contribution is 2.31. The smallest absolute Gasteiger partial charge is 0.242 e. The van der Waals surface area contributed by atoms with Crippen molar-refractivity contribution in [3.63, 3.8) is 0 Å². The van der Waals surface area contributed by atoms with Gasteiger partial charge in [0.05, 0.1) is 0 Å². The van der Waals surface area contributed by atoms with Crippen LogP contribution in [-0.2, 0) is 22.6 Å². The van der Waals surface area contributed by atoms with Gasteiger partial charge >= 0.3 is 0 Å². The summed E-state index contributed by atoms with van der Waals surface area (Å²) in [5.74, 6) is 1.24. The van der Waals surface area contributed by atoms with Crippen molar-refractivity contribution in [1.29, 1.82) is 0 Å². The fourth-order valence-corrected chi connectivity index (χ4v) is 3.67. The minimum atomic E-state index is -0.582. The van der Waals surface area contributed by atoms with Gasteiger partial charge < -0.3 is 19.7 Å². The zero-order valence-electron chi connectivity index (χ0n) is 19.7. The summed E-state index contributed by atoms with van der Waals surface area (Å²) in [5, 5.41) is 3.00. The highest BCUT2D eigenvalue weighted by atomic mass is 16.6. The van der Waals surface area contributed by atoms with Gasteiger partial charge in [0.25, 0.3) is 0 Å². The van der Waals surface area contributed by atoms with Gasteiger partial charge in [-0.2, -0.15) is 0 Å². The molecule has 0 spiro atoms. The Bertz CT molecular complexity index is 965. The van der Waals surface area contributed by atoms with Crippen LogP contribution in [-0.4, -0.2) is 41.5 Å². The number of benzene rings is 2. The molecule has 3 rings (SSSR count). The second-order valence-corrected chi connectivity index (χ2v) is 9.34. The fourth-order valence-electron chi connectivity index (χ4n) is 3.67. The van der Waals surface area contributed by atoms with E-state index in [2.05, 4.69) is 5.32 Å². The molecule has 1 aliphatic heterocycles. The molecule has 0 radical (unpaired) electrons. The monoisotopic (exact) mass is 438 g/mol. The number of amides is 2. The van der Waals surface area contributed by atoms with Crippen LogP contribution in [0.4, 0.5) is 0 Å². The predicted octanol–water partition coefficient (Wildman–Crippen LogP) is 4.03. The Hall–Kier alpha value is -3.02. The first-order valence-electron chi connectivity index (χ1n) is 11.2. The quantitative estimate of drug-likeness (QED) is 0.709. The molecule has 0 saturated carbocycles. The minimum absolute atomic E-state index is 0.0558. The molecule has 6 heteroatoms. The molecule has 1 aliphatic rings. The number of nitrogens with zero attached hydrogens (tertiary/aromatic N) is 1. The molecule has 0 bridgehead atoms. The van der Waals surface area contributed by atoms with Gasteiger partial charge in [0.2, 0.25) is 11.8 Å². The molecule has 0 unspecified atom stereocenters. The Morgan fingerprint density at radius 2 is 1.75 bits per heavy atom. The molecule has 2 aromatic carbocycles. The molecule has 172 valence electrons. The van der Waals surface area contributed by atoms with Gasteiger partial charge in [-0.15, -0.1) is 0 Å². The Morgan fingerprint density at radius 1 is 1.06 bits per heavy atom. The largest absolute Gasteiger partial charge is 0.486 e. The number of aryl methyl sites for hydroxylation is 2. The number of nitrogens with one attached hydrogen (secondary N) is 1. The van der Waals surface area contributed by atoms with E-state index in [0.29, 0.717) is 32.6 Å². The molecule has 0 aromatic heterocycles. The van der Waals surface area contributed by atoms with Gasteiger partial charge in [-0.3, -0.25) is 9.59 Å². The summed E-state index contributed by atoms with van der Waals surface area (Å²) in [5.41, 5.74) is 2.77. The number of ether oxygens (including phenoxy) is 2. The number of hydrogen-bond donors (Lipinski definition) is 1. The van der Waals surface area contributed by atoms with Crippen LogP contribution >= 0.6 is 0 Å². The van der Waals surface area contributed by atoms with Crippen LogP contribution in [0.1, 0.15) is 50.8 Å². The molecule has 2 amide bonds. The van der Waals surface area contributed by atoms with E-state index in [4.69, 9.17) is 9.47 Å². The van der Waals surface area contributed by atoms with Crippen LogP contribution in [0, 0.1) is 6.92 Å². The summed E-state index contributed by atoms with van der Waals surface area (Å²) in [6.45, 7) is 11.1. The first-order chi connectivity index (χ1) is 15.1. The first-order valence-corrected chi connectivity index (χ1v) is 11.2. The van der Waals surface area contributed by atoms with Crippen molar-refractivity contribution in [1.82, 2.24) is 10.2 Å². The van der Waals surface area contributed by atoms with Gasteiger partial charge in [0, 0.05) is 18.5 Å². The SMILES string of the molecule is Cc1ccccc1CN(C(=O)CCc1ccc2c(c1)OCCO2)[C@@H](C)C(=O)NC(C)(C)C. The van der Waals surface area contributed by atoms with E-state index < -0.39 is 6.04 Å². The lowest BCUT2D eigenvalue weighted by Gasteiger charge is -2.32. The molecular weight excluding hydrogens is 404 g/mol. The van der Waals surface area contributed by atoms with Gasteiger partial charge in [-0.1, -0.05) is 30.3 Å². The van der Waals surface area contributed by atoms with Crippen molar-refractivity contribution in [3.8, 4) is 11.5 Å². The maximum Gasteiger partial charge on any atom is 0.242 e. The van der Waals surface area contributed by atoms with Crippen LogP contribution in [0.25, 0.3) is 0 Å². The van der Waals surface area contributed by atoms with Crippen molar-refractivity contribution in [2.75, 3.05) is 13.2 Å². The number of hydrogen-bond acceptors (Lipinski definition) is 4. The summed E-state index contributed by atoms with van der Waals surface area (Å²) in [6.07, 6.45) is 0.867. The zero-order valence-corrected chi connectivity index (χ0v) is 19.7.